The van der Waals surface area contributed by atoms with Crippen molar-refractivity contribution in [3.8, 4) is 5.75 Å². The Labute approximate surface area is 124 Å². The molecule has 0 amide bonds. The van der Waals surface area contributed by atoms with Crippen molar-refractivity contribution in [2.45, 2.75) is 13.1 Å². The van der Waals surface area contributed by atoms with E-state index in [4.69, 9.17) is 11.6 Å². The Bertz CT molecular complexity index is 571. The summed E-state index contributed by atoms with van der Waals surface area (Å²) in [5.74, 6) is -0.126. The van der Waals surface area contributed by atoms with Crippen LogP contribution < -0.4 is 5.32 Å². The fourth-order valence-electron chi connectivity index (χ4n) is 1.72. The molecule has 0 heterocycles. The van der Waals surface area contributed by atoms with Crippen LogP contribution in [0, 0.1) is 5.82 Å². The van der Waals surface area contributed by atoms with Crippen molar-refractivity contribution < 1.29 is 9.50 Å². The van der Waals surface area contributed by atoms with E-state index >= 15 is 0 Å². The van der Waals surface area contributed by atoms with E-state index in [0.717, 1.165) is 10.0 Å². The van der Waals surface area contributed by atoms with Crippen LogP contribution in [-0.2, 0) is 13.1 Å². The Morgan fingerprint density at radius 2 is 2.00 bits per heavy atom. The lowest BCUT2D eigenvalue weighted by molar-refractivity contribution is 0.464. The molecule has 0 aliphatic rings. The quantitative estimate of drug-likeness (QED) is 0.869. The fraction of sp³-hybridized carbons (Fsp3) is 0.143. The SMILES string of the molecule is Oc1cccc(Cl)c1CNCc1cc(F)ccc1Br. The molecule has 2 rings (SSSR count). The zero-order valence-electron chi connectivity index (χ0n) is 9.96. The first-order valence-electron chi connectivity index (χ1n) is 5.69. The third kappa shape index (κ3) is 3.69. The number of aromatic hydroxyl groups is 1. The zero-order valence-corrected chi connectivity index (χ0v) is 12.3. The minimum atomic E-state index is -0.277. The second kappa shape index (κ2) is 6.37. The number of hydrogen-bond donors (Lipinski definition) is 2. The van der Waals surface area contributed by atoms with E-state index in [1.54, 1.807) is 24.3 Å². The van der Waals surface area contributed by atoms with Gasteiger partial charge in [0.2, 0.25) is 0 Å². The highest BCUT2D eigenvalue weighted by atomic mass is 79.9. The minimum Gasteiger partial charge on any atom is -0.508 e. The zero-order chi connectivity index (χ0) is 13.8. The Morgan fingerprint density at radius 1 is 1.21 bits per heavy atom. The molecule has 0 aromatic heterocycles. The molecule has 2 aromatic carbocycles. The summed E-state index contributed by atoms with van der Waals surface area (Å²) in [5, 5.41) is 13.3. The van der Waals surface area contributed by atoms with Crippen LogP contribution in [0.2, 0.25) is 5.02 Å². The number of hydrogen-bond acceptors (Lipinski definition) is 2. The predicted octanol–water partition coefficient (Wildman–Crippen LogP) is 4.24. The molecule has 0 spiro atoms. The van der Waals surface area contributed by atoms with Crippen LogP contribution in [0.3, 0.4) is 0 Å². The van der Waals surface area contributed by atoms with Crippen molar-refractivity contribution in [2.75, 3.05) is 0 Å². The fourth-order valence-corrected chi connectivity index (χ4v) is 2.35. The average Bonchev–Trinajstić information content (AvgIpc) is 2.37. The average molecular weight is 345 g/mol. The monoisotopic (exact) mass is 343 g/mol. The van der Waals surface area contributed by atoms with Gasteiger partial charge in [-0.15, -0.1) is 0 Å². The summed E-state index contributed by atoms with van der Waals surface area (Å²) in [6, 6.07) is 9.51. The predicted molar refractivity (Wildman–Crippen MR) is 77.8 cm³/mol. The second-order valence-corrected chi connectivity index (χ2v) is 5.34. The molecule has 0 saturated carbocycles. The van der Waals surface area contributed by atoms with Crippen molar-refractivity contribution in [1.29, 1.82) is 0 Å². The molecule has 2 aromatic rings. The van der Waals surface area contributed by atoms with Crippen molar-refractivity contribution in [1.82, 2.24) is 5.32 Å². The first-order valence-corrected chi connectivity index (χ1v) is 6.86. The van der Waals surface area contributed by atoms with E-state index < -0.39 is 0 Å². The minimum absolute atomic E-state index is 0.151. The van der Waals surface area contributed by atoms with Crippen molar-refractivity contribution in [3.05, 3.63) is 62.8 Å². The van der Waals surface area contributed by atoms with Crippen molar-refractivity contribution >= 4 is 27.5 Å². The van der Waals surface area contributed by atoms with Crippen molar-refractivity contribution in [3.63, 3.8) is 0 Å². The smallest absolute Gasteiger partial charge is 0.123 e. The molecule has 2 nitrogen and oxygen atoms in total. The summed E-state index contributed by atoms with van der Waals surface area (Å²) in [6.45, 7) is 0.886. The molecule has 0 aliphatic heterocycles. The number of rotatable bonds is 4. The molecule has 0 saturated heterocycles. The summed E-state index contributed by atoms with van der Waals surface area (Å²) >= 11 is 9.36. The lowest BCUT2D eigenvalue weighted by Crippen LogP contribution is -2.13. The van der Waals surface area contributed by atoms with Gasteiger partial charge in [0.1, 0.15) is 11.6 Å². The van der Waals surface area contributed by atoms with Gasteiger partial charge >= 0.3 is 0 Å². The number of phenols is 1. The molecular weight excluding hydrogens is 333 g/mol. The van der Waals surface area contributed by atoms with E-state index in [0.29, 0.717) is 23.7 Å². The van der Waals surface area contributed by atoms with Crippen LogP contribution in [0.15, 0.2) is 40.9 Å². The lowest BCUT2D eigenvalue weighted by atomic mass is 10.2. The summed E-state index contributed by atoms with van der Waals surface area (Å²) < 4.78 is 14.0. The van der Waals surface area contributed by atoms with E-state index in [1.165, 1.54) is 12.1 Å². The van der Waals surface area contributed by atoms with Gasteiger partial charge < -0.3 is 10.4 Å². The molecule has 5 heteroatoms. The normalized spacial score (nSPS) is 10.7. The van der Waals surface area contributed by atoms with E-state index in [9.17, 15) is 9.50 Å². The maximum absolute atomic E-state index is 13.1. The molecule has 0 radical (unpaired) electrons. The van der Waals surface area contributed by atoms with Gasteiger partial charge in [0.05, 0.1) is 0 Å². The Balaban J connectivity index is 2.02. The molecule has 0 aliphatic carbocycles. The van der Waals surface area contributed by atoms with Crippen LogP contribution in [0.5, 0.6) is 5.75 Å². The van der Waals surface area contributed by atoms with Gasteiger partial charge in [0.25, 0.3) is 0 Å². The number of nitrogens with one attached hydrogen (secondary N) is 1. The van der Waals surface area contributed by atoms with Gasteiger partial charge in [-0.1, -0.05) is 33.6 Å². The number of halogens is 3. The first-order chi connectivity index (χ1) is 9.08. The van der Waals surface area contributed by atoms with Crippen LogP contribution in [-0.4, -0.2) is 5.11 Å². The summed E-state index contributed by atoms with van der Waals surface area (Å²) in [6.07, 6.45) is 0. The molecule has 19 heavy (non-hydrogen) atoms. The third-order valence-electron chi connectivity index (χ3n) is 2.72. The highest BCUT2D eigenvalue weighted by molar-refractivity contribution is 9.10. The molecular formula is C14H12BrClFNO. The lowest BCUT2D eigenvalue weighted by Gasteiger charge is -2.10. The van der Waals surface area contributed by atoms with E-state index in [-0.39, 0.29) is 11.6 Å². The van der Waals surface area contributed by atoms with Crippen LogP contribution >= 0.6 is 27.5 Å². The molecule has 2 N–H and O–H groups in total. The van der Waals surface area contributed by atoms with Gasteiger partial charge in [-0.2, -0.15) is 0 Å². The summed E-state index contributed by atoms with van der Waals surface area (Å²) in [5.41, 5.74) is 1.45. The highest BCUT2D eigenvalue weighted by Crippen LogP contribution is 2.25. The number of benzene rings is 2. The number of phenolic OH excluding ortho intramolecular Hbond substituents is 1. The molecule has 0 bridgehead atoms. The molecule has 0 fully saturated rings. The van der Waals surface area contributed by atoms with E-state index in [2.05, 4.69) is 21.2 Å². The molecule has 100 valence electrons. The van der Waals surface area contributed by atoms with Crippen molar-refractivity contribution in [2.24, 2.45) is 0 Å². The molecule has 0 atom stereocenters. The Morgan fingerprint density at radius 3 is 2.74 bits per heavy atom. The van der Waals surface area contributed by atoms with Crippen LogP contribution in [0.1, 0.15) is 11.1 Å². The Kier molecular flexibility index (Phi) is 4.80. The summed E-state index contributed by atoms with van der Waals surface area (Å²) in [4.78, 5) is 0. The maximum Gasteiger partial charge on any atom is 0.123 e. The Hall–Kier alpha value is -1.10. The second-order valence-electron chi connectivity index (χ2n) is 4.08. The highest BCUT2D eigenvalue weighted by Gasteiger charge is 2.06. The van der Waals surface area contributed by atoms with Gasteiger partial charge in [-0.3, -0.25) is 0 Å². The van der Waals surface area contributed by atoms with Gasteiger partial charge in [-0.05, 0) is 35.9 Å². The third-order valence-corrected chi connectivity index (χ3v) is 3.85. The standard InChI is InChI=1S/C14H12BrClFNO/c15-12-5-4-10(17)6-9(12)7-18-8-11-13(16)2-1-3-14(11)19/h1-6,18-19H,7-8H2. The molecule has 0 unspecified atom stereocenters. The first kappa shape index (κ1) is 14.3. The van der Waals surface area contributed by atoms with Gasteiger partial charge in [-0.25, -0.2) is 4.39 Å². The largest absolute Gasteiger partial charge is 0.508 e. The van der Waals surface area contributed by atoms with Crippen LogP contribution in [0.25, 0.3) is 0 Å². The van der Waals surface area contributed by atoms with Gasteiger partial charge in [0.15, 0.2) is 0 Å². The topological polar surface area (TPSA) is 32.3 Å². The van der Waals surface area contributed by atoms with E-state index in [1.807, 2.05) is 0 Å². The van der Waals surface area contributed by atoms with Crippen LogP contribution in [0.4, 0.5) is 4.39 Å². The van der Waals surface area contributed by atoms with Gasteiger partial charge in [0, 0.05) is 28.1 Å². The maximum atomic E-state index is 13.1. The summed E-state index contributed by atoms with van der Waals surface area (Å²) in [7, 11) is 0.